The van der Waals surface area contributed by atoms with Gasteiger partial charge < -0.3 is 15.3 Å². The maximum Gasteiger partial charge on any atom is 0.318 e. The lowest BCUT2D eigenvalue weighted by atomic mass is 10.2. The van der Waals surface area contributed by atoms with Crippen molar-refractivity contribution in [2.45, 2.75) is 24.8 Å². The molecule has 1 atom stereocenters. The van der Waals surface area contributed by atoms with Crippen LogP contribution >= 0.6 is 23.1 Å². The number of urea groups is 1. The highest BCUT2D eigenvalue weighted by atomic mass is 32.2. The van der Waals surface area contributed by atoms with Crippen LogP contribution in [0.4, 0.5) is 4.79 Å². The summed E-state index contributed by atoms with van der Waals surface area (Å²) in [5.74, 6) is 0.904. The molecule has 0 unspecified atom stereocenters. The molecule has 2 rings (SSSR count). The van der Waals surface area contributed by atoms with Gasteiger partial charge in [-0.3, -0.25) is 0 Å². The summed E-state index contributed by atoms with van der Waals surface area (Å²) < 4.78 is 23.2. The average Bonchev–Trinajstić information content (AvgIpc) is 3.09. The van der Waals surface area contributed by atoms with E-state index in [2.05, 4.69) is 10.3 Å². The van der Waals surface area contributed by atoms with E-state index in [9.17, 15) is 13.2 Å². The van der Waals surface area contributed by atoms with Crippen LogP contribution in [-0.2, 0) is 22.1 Å². The molecule has 0 aromatic carbocycles. The molecule has 1 aliphatic heterocycles. The number of nitrogens with one attached hydrogen (secondary N) is 1. The highest BCUT2D eigenvalue weighted by Gasteiger charge is 2.34. The molecular formula is C13H21N3O4S3. The summed E-state index contributed by atoms with van der Waals surface area (Å²) in [5, 5.41) is 14.8. The number of aliphatic hydroxyl groups is 1. The van der Waals surface area contributed by atoms with E-state index in [0.717, 1.165) is 16.5 Å². The lowest BCUT2D eigenvalue weighted by Crippen LogP contribution is -2.47. The Labute approximate surface area is 144 Å². The summed E-state index contributed by atoms with van der Waals surface area (Å²) in [5.41, 5.74) is 0.787. The molecule has 130 valence electrons. The van der Waals surface area contributed by atoms with E-state index in [1.54, 1.807) is 23.1 Å². The van der Waals surface area contributed by atoms with Crippen LogP contribution < -0.4 is 5.32 Å². The SMILES string of the molecule is CSCc1nc(CNC(=O)N(CCO)[C@@H]2CCS(=O)(=O)C2)cs1. The molecule has 2 heterocycles. The third-order valence-electron chi connectivity index (χ3n) is 3.54. The minimum Gasteiger partial charge on any atom is -0.395 e. The van der Waals surface area contributed by atoms with E-state index < -0.39 is 9.84 Å². The Balaban J connectivity index is 1.92. The minimum atomic E-state index is -3.08. The number of rotatable bonds is 7. The molecule has 7 nitrogen and oxygen atoms in total. The predicted molar refractivity (Wildman–Crippen MR) is 92.4 cm³/mol. The van der Waals surface area contributed by atoms with Crippen molar-refractivity contribution in [1.29, 1.82) is 0 Å². The number of aliphatic hydroxyl groups excluding tert-OH is 1. The van der Waals surface area contributed by atoms with Crippen LogP contribution in [-0.4, -0.2) is 66.4 Å². The van der Waals surface area contributed by atoms with Gasteiger partial charge >= 0.3 is 6.03 Å². The first-order valence-electron chi connectivity index (χ1n) is 7.23. The summed E-state index contributed by atoms with van der Waals surface area (Å²) in [6.07, 6.45) is 2.43. The first kappa shape index (κ1) is 18.5. The number of amides is 2. The molecule has 0 saturated carbocycles. The van der Waals surface area contributed by atoms with Crippen molar-refractivity contribution in [2.75, 3.05) is 30.9 Å². The number of thiazole rings is 1. The van der Waals surface area contributed by atoms with E-state index in [1.165, 1.54) is 4.90 Å². The van der Waals surface area contributed by atoms with Gasteiger partial charge in [0.2, 0.25) is 0 Å². The number of hydrogen-bond donors (Lipinski definition) is 2. The fourth-order valence-electron chi connectivity index (χ4n) is 2.47. The smallest absolute Gasteiger partial charge is 0.318 e. The zero-order chi connectivity index (χ0) is 16.9. The molecule has 2 N–H and O–H groups in total. The van der Waals surface area contributed by atoms with Crippen LogP contribution in [0.1, 0.15) is 17.1 Å². The van der Waals surface area contributed by atoms with E-state index >= 15 is 0 Å². The zero-order valence-corrected chi connectivity index (χ0v) is 15.3. The minimum absolute atomic E-state index is 0.0327. The van der Waals surface area contributed by atoms with Gasteiger partial charge in [-0.25, -0.2) is 18.2 Å². The number of thioether (sulfide) groups is 1. The number of nitrogens with zero attached hydrogens (tertiary/aromatic N) is 2. The highest BCUT2D eigenvalue weighted by molar-refractivity contribution is 7.97. The molecule has 0 bridgehead atoms. The van der Waals surface area contributed by atoms with Crippen molar-refractivity contribution >= 4 is 39.0 Å². The summed E-state index contributed by atoms with van der Waals surface area (Å²) in [7, 11) is -3.08. The van der Waals surface area contributed by atoms with Crippen LogP contribution in [0.2, 0.25) is 0 Å². The molecule has 10 heteroatoms. The maximum absolute atomic E-state index is 12.3. The standard InChI is InChI=1S/C13H21N3O4S3/c1-21-8-12-15-10(7-22-12)6-14-13(18)16(3-4-17)11-2-5-23(19,20)9-11/h7,11,17H,2-6,8-9H2,1H3,(H,14,18)/t11-/m1/s1. The Kier molecular flexibility index (Phi) is 6.69. The topological polar surface area (TPSA) is 99.6 Å². The second-order valence-corrected chi connectivity index (χ2v) is 9.34. The quantitative estimate of drug-likeness (QED) is 0.723. The molecule has 0 radical (unpaired) electrons. The zero-order valence-electron chi connectivity index (χ0n) is 12.9. The summed E-state index contributed by atoms with van der Waals surface area (Å²) in [4.78, 5) is 18.2. The van der Waals surface area contributed by atoms with Crippen LogP contribution in [0, 0.1) is 0 Å². The van der Waals surface area contributed by atoms with Crippen LogP contribution in [0.25, 0.3) is 0 Å². The number of sulfone groups is 1. The summed E-state index contributed by atoms with van der Waals surface area (Å²) >= 11 is 3.24. The number of carbonyl (C=O) groups excluding carboxylic acids is 1. The Morgan fingerprint density at radius 1 is 1.61 bits per heavy atom. The van der Waals surface area contributed by atoms with Crippen molar-refractivity contribution in [1.82, 2.24) is 15.2 Å². The third kappa shape index (κ3) is 5.33. The van der Waals surface area contributed by atoms with Crippen molar-refractivity contribution in [3.05, 3.63) is 16.1 Å². The Morgan fingerprint density at radius 2 is 2.39 bits per heavy atom. The highest BCUT2D eigenvalue weighted by Crippen LogP contribution is 2.18. The lowest BCUT2D eigenvalue weighted by Gasteiger charge is -2.27. The molecule has 2 amide bonds. The Hall–Kier alpha value is -0.840. The van der Waals surface area contributed by atoms with Crippen molar-refractivity contribution in [2.24, 2.45) is 0 Å². The van der Waals surface area contributed by atoms with Gasteiger partial charge in [0.05, 0.1) is 30.4 Å². The van der Waals surface area contributed by atoms with Gasteiger partial charge in [0.15, 0.2) is 9.84 Å². The normalized spacial score (nSPS) is 19.7. The van der Waals surface area contributed by atoms with Gasteiger partial charge in [-0.15, -0.1) is 11.3 Å². The molecule has 0 spiro atoms. The van der Waals surface area contributed by atoms with E-state index in [4.69, 9.17) is 5.11 Å². The predicted octanol–water partition coefficient (Wildman–Crippen LogP) is 0.697. The van der Waals surface area contributed by atoms with E-state index in [0.29, 0.717) is 13.0 Å². The Bertz CT molecular complexity index is 632. The molecule has 23 heavy (non-hydrogen) atoms. The summed E-state index contributed by atoms with van der Waals surface area (Å²) in [6, 6.07) is -0.727. The van der Waals surface area contributed by atoms with Crippen LogP contribution in [0.15, 0.2) is 5.38 Å². The first-order valence-corrected chi connectivity index (χ1v) is 11.3. The number of aromatic nitrogens is 1. The molecule has 1 saturated heterocycles. The van der Waals surface area contributed by atoms with Gasteiger partial charge in [0.25, 0.3) is 0 Å². The molecule has 1 aromatic heterocycles. The monoisotopic (exact) mass is 379 g/mol. The fourth-order valence-corrected chi connectivity index (χ4v) is 5.71. The molecule has 1 aliphatic rings. The number of carbonyl (C=O) groups is 1. The third-order valence-corrected chi connectivity index (χ3v) is 6.93. The lowest BCUT2D eigenvalue weighted by molar-refractivity contribution is 0.157. The van der Waals surface area contributed by atoms with Gasteiger partial charge in [-0.05, 0) is 12.7 Å². The second-order valence-electron chi connectivity index (χ2n) is 5.30. The average molecular weight is 380 g/mol. The van der Waals surface area contributed by atoms with Gasteiger partial charge in [0.1, 0.15) is 5.01 Å². The second kappa shape index (κ2) is 8.32. The van der Waals surface area contributed by atoms with Gasteiger partial charge in [-0.2, -0.15) is 11.8 Å². The van der Waals surface area contributed by atoms with Crippen molar-refractivity contribution in [3.8, 4) is 0 Å². The number of hydrogen-bond acceptors (Lipinski definition) is 7. The molecule has 0 aliphatic carbocycles. The van der Waals surface area contributed by atoms with E-state index in [-0.39, 0.29) is 36.7 Å². The maximum atomic E-state index is 12.3. The molecular weight excluding hydrogens is 358 g/mol. The molecule has 1 aromatic rings. The largest absolute Gasteiger partial charge is 0.395 e. The van der Waals surface area contributed by atoms with Gasteiger partial charge in [-0.1, -0.05) is 0 Å². The first-order chi connectivity index (χ1) is 10.9. The van der Waals surface area contributed by atoms with Crippen LogP contribution in [0.5, 0.6) is 0 Å². The van der Waals surface area contributed by atoms with Gasteiger partial charge in [0, 0.05) is 23.7 Å². The van der Waals surface area contributed by atoms with E-state index in [1.807, 2.05) is 11.6 Å². The van der Waals surface area contributed by atoms with Crippen molar-refractivity contribution < 1.29 is 18.3 Å². The summed E-state index contributed by atoms with van der Waals surface area (Å²) in [6.45, 7) is 0.227. The Morgan fingerprint density at radius 3 is 3.00 bits per heavy atom. The fraction of sp³-hybridized carbons (Fsp3) is 0.692. The van der Waals surface area contributed by atoms with Crippen LogP contribution in [0.3, 0.4) is 0 Å². The molecule has 1 fully saturated rings. The van der Waals surface area contributed by atoms with Crippen molar-refractivity contribution in [3.63, 3.8) is 0 Å².